The molecule has 3 aromatic rings. The minimum absolute atomic E-state index is 0.670. The van der Waals surface area contributed by atoms with Crippen LogP contribution in [0.3, 0.4) is 0 Å². The number of hydrogen-bond acceptors (Lipinski definition) is 2. The van der Waals surface area contributed by atoms with Crippen molar-refractivity contribution in [1.82, 2.24) is 0 Å². The van der Waals surface area contributed by atoms with E-state index in [9.17, 15) is 0 Å². The van der Waals surface area contributed by atoms with Gasteiger partial charge in [0.2, 0.25) is 0 Å². The van der Waals surface area contributed by atoms with Crippen molar-refractivity contribution in [3.05, 3.63) is 119 Å². The topological polar surface area (TPSA) is 52.0 Å². The molecule has 32 heavy (non-hydrogen) atoms. The van der Waals surface area contributed by atoms with E-state index < -0.39 is 0 Å². The van der Waals surface area contributed by atoms with E-state index in [1.807, 2.05) is 72.8 Å². The number of nitrogen functional groups attached to an aromatic ring is 2. The molecule has 0 amide bonds. The van der Waals surface area contributed by atoms with Gasteiger partial charge in [-0.2, -0.15) is 0 Å². The molecule has 0 saturated carbocycles. The van der Waals surface area contributed by atoms with Crippen LogP contribution >= 0.6 is 0 Å². The van der Waals surface area contributed by atoms with Crippen LogP contribution in [-0.2, 0) is 0 Å². The Balaban J connectivity index is 1.52. The molecule has 0 unspecified atom stereocenters. The summed E-state index contributed by atoms with van der Waals surface area (Å²) in [5.74, 6) is 23.9. The number of nitrogens with two attached hydrogens (primary N) is 2. The molecule has 0 aromatic heterocycles. The van der Waals surface area contributed by atoms with Crippen LogP contribution in [0.1, 0.15) is 22.3 Å². The summed E-state index contributed by atoms with van der Waals surface area (Å²) < 4.78 is 0. The van der Waals surface area contributed by atoms with Gasteiger partial charge in [0.1, 0.15) is 0 Å². The summed E-state index contributed by atoms with van der Waals surface area (Å²) in [6, 6.07) is 22.7. The fraction of sp³-hybridized carbons (Fsp3) is 0. The average Bonchev–Trinajstić information content (AvgIpc) is 2.81. The number of allylic oxidation sites excluding steroid dienone is 4. The van der Waals surface area contributed by atoms with Crippen LogP contribution in [-0.4, -0.2) is 0 Å². The molecule has 0 bridgehead atoms. The van der Waals surface area contributed by atoms with Gasteiger partial charge >= 0.3 is 0 Å². The van der Waals surface area contributed by atoms with Gasteiger partial charge in [-0.05, 0) is 72.8 Å². The predicted molar refractivity (Wildman–Crippen MR) is 134 cm³/mol. The zero-order valence-electron chi connectivity index (χ0n) is 17.4. The van der Waals surface area contributed by atoms with Crippen molar-refractivity contribution in [3.8, 4) is 47.4 Å². The zero-order chi connectivity index (χ0) is 22.4. The Kier molecular flexibility index (Phi) is 8.03. The van der Waals surface area contributed by atoms with Crippen molar-refractivity contribution < 1.29 is 0 Å². The Morgan fingerprint density at radius 3 is 1.16 bits per heavy atom. The van der Waals surface area contributed by atoms with E-state index in [1.165, 1.54) is 0 Å². The standard InChI is InChI=1S/C30H20N2/c31-29-19-11-9-17-27(29)15-7-3-1-5-13-25-21-23-26(24-22-25)14-6-2-4-8-16-28-18-10-12-20-30(28)32/h1-4,9-12,17-24H,31-32H2/b3-1-,4-2-. The van der Waals surface area contributed by atoms with Crippen LogP contribution in [0.15, 0.2) is 97.1 Å². The van der Waals surface area contributed by atoms with Crippen LogP contribution in [0.2, 0.25) is 0 Å². The van der Waals surface area contributed by atoms with E-state index in [0.717, 1.165) is 22.3 Å². The summed E-state index contributed by atoms with van der Waals surface area (Å²) in [5.41, 5.74) is 16.5. The van der Waals surface area contributed by atoms with Crippen molar-refractivity contribution in [2.75, 3.05) is 11.5 Å². The molecule has 0 aliphatic rings. The smallest absolute Gasteiger partial charge is 0.0478 e. The molecule has 0 radical (unpaired) electrons. The highest BCUT2D eigenvalue weighted by Crippen LogP contribution is 2.08. The summed E-state index contributed by atoms with van der Waals surface area (Å²) in [5, 5.41) is 0. The third-order valence-electron chi connectivity index (χ3n) is 4.15. The first kappa shape index (κ1) is 21.7. The maximum atomic E-state index is 5.85. The van der Waals surface area contributed by atoms with Gasteiger partial charge in [-0.25, -0.2) is 0 Å². The Bertz CT molecular complexity index is 1280. The fourth-order valence-electron chi connectivity index (χ4n) is 2.51. The van der Waals surface area contributed by atoms with Gasteiger partial charge in [0, 0.05) is 33.6 Å². The minimum Gasteiger partial charge on any atom is -0.398 e. The third kappa shape index (κ3) is 7.10. The van der Waals surface area contributed by atoms with E-state index in [4.69, 9.17) is 11.5 Å². The number of benzene rings is 3. The molecule has 0 aliphatic carbocycles. The lowest BCUT2D eigenvalue weighted by atomic mass is 10.1. The van der Waals surface area contributed by atoms with Gasteiger partial charge in [0.05, 0.1) is 0 Å². The predicted octanol–water partition coefficient (Wildman–Crippen LogP) is 4.77. The SMILES string of the molecule is Nc1ccccc1C#C/C=C\C#Cc1ccc(C#C/C=C\C#Cc2ccccc2N)cc1. The molecular weight excluding hydrogens is 388 g/mol. The van der Waals surface area contributed by atoms with Crippen LogP contribution in [0, 0.1) is 47.4 Å². The van der Waals surface area contributed by atoms with Crippen LogP contribution in [0.5, 0.6) is 0 Å². The Morgan fingerprint density at radius 2 is 0.781 bits per heavy atom. The summed E-state index contributed by atoms with van der Waals surface area (Å²) in [6.45, 7) is 0. The molecular formula is C30H20N2. The van der Waals surface area contributed by atoms with E-state index >= 15 is 0 Å². The Morgan fingerprint density at radius 1 is 0.438 bits per heavy atom. The molecule has 150 valence electrons. The summed E-state index contributed by atoms with van der Waals surface area (Å²) in [6.07, 6.45) is 6.85. The largest absolute Gasteiger partial charge is 0.398 e. The summed E-state index contributed by atoms with van der Waals surface area (Å²) in [7, 11) is 0. The normalized spacial score (nSPS) is 9.50. The Hall–Kier alpha value is -5.02. The molecule has 3 aromatic carbocycles. The van der Waals surface area contributed by atoms with Gasteiger partial charge in [0.15, 0.2) is 0 Å². The van der Waals surface area contributed by atoms with Gasteiger partial charge < -0.3 is 11.5 Å². The van der Waals surface area contributed by atoms with E-state index in [-0.39, 0.29) is 0 Å². The Labute approximate surface area is 189 Å². The summed E-state index contributed by atoms with van der Waals surface area (Å²) >= 11 is 0. The fourth-order valence-corrected chi connectivity index (χ4v) is 2.51. The third-order valence-corrected chi connectivity index (χ3v) is 4.15. The van der Waals surface area contributed by atoms with Crippen molar-refractivity contribution >= 4 is 11.4 Å². The maximum Gasteiger partial charge on any atom is 0.0478 e. The minimum atomic E-state index is 0.670. The molecule has 0 spiro atoms. The lowest BCUT2D eigenvalue weighted by Crippen LogP contribution is -1.87. The molecule has 3 rings (SSSR count). The first-order valence-corrected chi connectivity index (χ1v) is 9.87. The average molecular weight is 409 g/mol. The quantitative estimate of drug-likeness (QED) is 0.416. The van der Waals surface area contributed by atoms with Crippen molar-refractivity contribution in [2.45, 2.75) is 0 Å². The summed E-state index contributed by atoms with van der Waals surface area (Å²) in [4.78, 5) is 0. The van der Waals surface area contributed by atoms with Crippen molar-refractivity contribution in [2.24, 2.45) is 0 Å². The molecule has 0 heterocycles. The molecule has 4 N–H and O–H groups in total. The van der Waals surface area contributed by atoms with Gasteiger partial charge in [-0.3, -0.25) is 0 Å². The van der Waals surface area contributed by atoms with E-state index in [0.29, 0.717) is 11.4 Å². The molecule has 0 fully saturated rings. The first-order chi connectivity index (χ1) is 15.7. The van der Waals surface area contributed by atoms with Gasteiger partial charge in [0.25, 0.3) is 0 Å². The molecule has 0 atom stereocenters. The second kappa shape index (κ2) is 11.9. The highest BCUT2D eigenvalue weighted by molar-refractivity contribution is 5.57. The van der Waals surface area contributed by atoms with Crippen molar-refractivity contribution in [3.63, 3.8) is 0 Å². The molecule has 0 aliphatic heterocycles. The maximum absolute atomic E-state index is 5.85. The van der Waals surface area contributed by atoms with Crippen LogP contribution < -0.4 is 11.5 Å². The van der Waals surface area contributed by atoms with Crippen LogP contribution in [0.25, 0.3) is 0 Å². The van der Waals surface area contributed by atoms with E-state index in [2.05, 4.69) is 47.4 Å². The lowest BCUT2D eigenvalue weighted by Gasteiger charge is -1.93. The molecule has 2 heteroatoms. The number of anilines is 2. The van der Waals surface area contributed by atoms with Crippen LogP contribution in [0.4, 0.5) is 11.4 Å². The first-order valence-electron chi connectivity index (χ1n) is 9.87. The molecule has 2 nitrogen and oxygen atoms in total. The number of rotatable bonds is 0. The number of hydrogen-bond donors (Lipinski definition) is 2. The second-order valence-electron chi connectivity index (χ2n) is 6.50. The zero-order valence-corrected chi connectivity index (χ0v) is 17.4. The highest BCUT2D eigenvalue weighted by Gasteiger charge is 1.91. The van der Waals surface area contributed by atoms with Gasteiger partial charge in [-0.1, -0.05) is 71.6 Å². The monoisotopic (exact) mass is 408 g/mol. The highest BCUT2D eigenvalue weighted by atomic mass is 14.6. The van der Waals surface area contributed by atoms with Gasteiger partial charge in [-0.15, -0.1) is 0 Å². The van der Waals surface area contributed by atoms with E-state index in [1.54, 1.807) is 24.3 Å². The lowest BCUT2D eigenvalue weighted by molar-refractivity contribution is 1.60. The van der Waals surface area contributed by atoms with Crippen molar-refractivity contribution in [1.29, 1.82) is 0 Å². The molecule has 0 saturated heterocycles. The number of para-hydroxylation sites is 2. The second-order valence-corrected chi connectivity index (χ2v) is 6.50.